The first-order chi connectivity index (χ1) is 8.76. The van der Waals surface area contributed by atoms with E-state index in [1.807, 2.05) is 4.90 Å². The predicted octanol–water partition coefficient (Wildman–Crippen LogP) is 1.81. The molecule has 19 heavy (non-hydrogen) atoms. The van der Waals surface area contributed by atoms with E-state index in [1.54, 1.807) is 0 Å². The summed E-state index contributed by atoms with van der Waals surface area (Å²) in [6.45, 7) is 5.11. The number of rotatable bonds is 5. The minimum atomic E-state index is 0. The molecule has 0 aromatic heterocycles. The van der Waals surface area contributed by atoms with E-state index in [1.165, 1.54) is 0 Å². The quantitative estimate of drug-likeness (QED) is 0.840. The average molecular weight is 291 g/mol. The van der Waals surface area contributed by atoms with E-state index < -0.39 is 0 Å². The lowest BCUT2D eigenvalue weighted by Gasteiger charge is -2.28. The molecule has 1 amide bonds. The molecule has 0 aromatic carbocycles. The van der Waals surface area contributed by atoms with Crippen LogP contribution in [0.5, 0.6) is 0 Å². The zero-order chi connectivity index (χ0) is 13.0. The SMILES string of the molecule is CCN(CC1CCCO1)C(=O)[C@@H]1CCC[C@@H]1CN.Cl. The molecule has 2 aliphatic rings. The Morgan fingerprint density at radius 1 is 1.32 bits per heavy atom. The van der Waals surface area contributed by atoms with Crippen molar-refractivity contribution in [1.82, 2.24) is 4.90 Å². The fourth-order valence-electron chi connectivity index (χ4n) is 3.29. The monoisotopic (exact) mass is 290 g/mol. The summed E-state index contributed by atoms with van der Waals surface area (Å²) in [5.74, 6) is 0.869. The van der Waals surface area contributed by atoms with Crippen molar-refractivity contribution in [2.75, 3.05) is 26.2 Å². The average Bonchev–Trinajstić information content (AvgIpc) is 3.05. The highest BCUT2D eigenvalue weighted by Gasteiger charge is 2.35. The zero-order valence-electron chi connectivity index (χ0n) is 11.8. The largest absolute Gasteiger partial charge is 0.376 e. The van der Waals surface area contributed by atoms with Crippen molar-refractivity contribution in [2.45, 2.75) is 45.1 Å². The van der Waals surface area contributed by atoms with Gasteiger partial charge in [0.1, 0.15) is 0 Å². The van der Waals surface area contributed by atoms with Gasteiger partial charge in [-0.3, -0.25) is 4.79 Å². The molecule has 2 rings (SSSR count). The third kappa shape index (κ3) is 4.07. The van der Waals surface area contributed by atoms with E-state index in [4.69, 9.17) is 10.5 Å². The van der Waals surface area contributed by atoms with E-state index in [2.05, 4.69) is 6.92 Å². The lowest BCUT2D eigenvalue weighted by molar-refractivity contribution is -0.138. The second kappa shape index (κ2) is 8.08. The molecule has 1 aliphatic heterocycles. The van der Waals surface area contributed by atoms with E-state index in [9.17, 15) is 4.79 Å². The van der Waals surface area contributed by atoms with Crippen molar-refractivity contribution in [2.24, 2.45) is 17.6 Å². The summed E-state index contributed by atoms with van der Waals surface area (Å²) >= 11 is 0. The first kappa shape index (κ1) is 16.7. The van der Waals surface area contributed by atoms with Gasteiger partial charge in [-0.25, -0.2) is 0 Å². The molecule has 1 saturated heterocycles. The van der Waals surface area contributed by atoms with Crippen LogP contribution >= 0.6 is 12.4 Å². The number of hydrogen-bond acceptors (Lipinski definition) is 3. The molecule has 0 aromatic rings. The zero-order valence-corrected chi connectivity index (χ0v) is 12.7. The summed E-state index contributed by atoms with van der Waals surface area (Å²) in [6.07, 6.45) is 5.76. The van der Waals surface area contributed by atoms with Crippen LogP contribution in [-0.2, 0) is 9.53 Å². The summed E-state index contributed by atoms with van der Waals surface area (Å²) in [5, 5.41) is 0. The normalized spacial score (nSPS) is 30.1. The van der Waals surface area contributed by atoms with Gasteiger partial charge in [0.05, 0.1) is 6.10 Å². The number of ether oxygens (including phenoxy) is 1. The van der Waals surface area contributed by atoms with Gasteiger partial charge in [0, 0.05) is 25.6 Å². The first-order valence-electron chi connectivity index (χ1n) is 7.36. The molecule has 0 radical (unpaired) electrons. The Labute approximate surface area is 122 Å². The van der Waals surface area contributed by atoms with Crippen LogP contribution in [0.15, 0.2) is 0 Å². The van der Waals surface area contributed by atoms with Gasteiger partial charge in [0.15, 0.2) is 0 Å². The van der Waals surface area contributed by atoms with Crippen molar-refractivity contribution in [3.05, 3.63) is 0 Å². The Morgan fingerprint density at radius 2 is 2.11 bits per heavy atom. The van der Waals surface area contributed by atoms with Crippen LogP contribution in [0.1, 0.15) is 39.0 Å². The lowest BCUT2D eigenvalue weighted by Crippen LogP contribution is -2.42. The van der Waals surface area contributed by atoms with E-state index in [0.717, 1.165) is 51.8 Å². The van der Waals surface area contributed by atoms with Crippen LogP contribution in [0.2, 0.25) is 0 Å². The van der Waals surface area contributed by atoms with Gasteiger partial charge in [-0.1, -0.05) is 6.42 Å². The van der Waals surface area contributed by atoms with Crippen LogP contribution < -0.4 is 5.73 Å². The van der Waals surface area contributed by atoms with Gasteiger partial charge in [0.2, 0.25) is 5.91 Å². The van der Waals surface area contributed by atoms with Gasteiger partial charge >= 0.3 is 0 Å². The second-order valence-corrected chi connectivity index (χ2v) is 5.55. The summed E-state index contributed by atoms with van der Waals surface area (Å²) < 4.78 is 5.63. The minimum Gasteiger partial charge on any atom is -0.376 e. The molecule has 0 bridgehead atoms. The molecule has 0 spiro atoms. The molecule has 5 heteroatoms. The molecule has 1 heterocycles. The summed E-state index contributed by atoms with van der Waals surface area (Å²) in [6, 6.07) is 0. The summed E-state index contributed by atoms with van der Waals surface area (Å²) in [4.78, 5) is 14.5. The Kier molecular flexibility index (Phi) is 7.11. The van der Waals surface area contributed by atoms with Crippen LogP contribution in [0.3, 0.4) is 0 Å². The van der Waals surface area contributed by atoms with E-state index in [0.29, 0.717) is 18.4 Å². The number of carbonyl (C=O) groups excluding carboxylic acids is 1. The predicted molar refractivity (Wildman–Crippen MR) is 78.4 cm³/mol. The Morgan fingerprint density at radius 3 is 2.68 bits per heavy atom. The maximum absolute atomic E-state index is 12.5. The molecule has 1 saturated carbocycles. The van der Waals surface area contributed by atoms with Gasteiger partial charge in [-0.05, 0) is 45.1 Å². The Balaban J connectivity index is 0.00000180. The van der Waals surface area contributed by atoms with Gasteiger partial charge in [-0.2, -0.15) is 0 Å². The van der Waals surface area contributed by atoms with Crippen molar-refractivity contribution >= 4 is 18.3 Å². The smallest absolute Gasteiger partial charge is 0.226 e. The fourth-order valence-corrected chi connectivity index (χ4v) is 3.29. The molecule has 3 atom stereocenters. The fraction of sp³-hybridized carbons (Fsp3) is 0.929. The van der Waals surface area contributed by atoms with E-state index in [-0.39, 0.29) is 24.4 Å². The van der Waals surface area contributed by atoms with Gasteiger partial charge in [0.25, 0.3) is 0 Å². The number of amides is 1. The van der Waals surface area contributed by atoms with Crippen molar-refractivity contribution in [3.8, 4) is 0 Å². The van der Waals surface area contributed by atoms with Crippen molar-refractivity contribution in [3.63, 3.8) is 0 Å². The van der Waals surface area contributed by atoms with Gasteiger partial charge < -0.3 is 15.4 Å². The van der Waals surface area contributed by atoms with Gasteiger partial charge in [-0.15, -0.1) is 12.4 Å². The highest BCUT2D eigenvalue weighted by molar-refractivity contribution is 5.85. The standard InChI is InChI=1S/C14H26N2O2.ClH/c1-2-16(10-12-6-4-8-18-12)14(17)13-7-3-5-11(13)9-15;/h11-13H,2-10,15H2,1H3;1H/t11-,12?,13-;/m1./s1. The number of halogens is 1. The molecule has 1 unspecified atom stereocenters. The van der Waals surface area contributed by atoms with Crippen molar-refractivity contribution < 1.29 is 9.53 Å². The van der Waals surface area contributed by atoms with Crippen LogP contribution in [0.4, 0.5) is 0 Å². The molecule has 1 aliphatic carbocycles. The molecule has 2 N–H and O–H groups in total. The minimum absolute atomic E-state index is 0. The second-order valence-electron chi connectivity index (χ2n) is 5.55. The number of nitrogens with zero attached hydrogens (tertiary/aromatic N) is 1. The van der Waals surface area contributed by atoms with Crippen LogP contribution in [0.25, 0.3) is 0 Å². The van der Waals surface area contributed by atoms with E-state index >= 15 is 0 Å². The molecular weight excluding hydrogens is 264 g/mol. The Bertz CT molecular complexity index is 283. The molecule has 4 nitrogen and oxygen atoms in total. The third-order valence-corrected chi connectivity index (χ3v) is 4.42. The molecular formula is C14H27ClN2O2. The highest BCUT2D eigenvalue weighted by atomic mass is 35.5. The molecule has 2 fully saturated rings. The number of hydrogen-bond donors (Lipinski definition) is 1. The summed E-state index contributed by atoms with van der Waals surface area (Å²) in [7, 11) is 0. The third-order valence-electron chi connectivity index (χ3n) is 4.42. The maximum Gasteiger partial charge on any atom is 0.226 e. The summed E-state index contributed by atoms with van der Waals surface area (Å²) in [5.41, 5.74) is 5.77. The van der Waals surface area contributed by atoms with Crippen LogP contribution in [-0.4, -0.2) is 43.2 Å². The van der Waals surface area contributed by atoms with Crippen LogP contribution in [0, 0.1) is 11.8 Å². The topological polar surface area (TPSA) is 55.6 Å². The van der Waals surface area contributed by atoms with Crippen molar-refractivity contribution in [1.29, 1.82) is 0 Å². The Hall–Kier alpha value is -0.320. The number of carbonyl (C=O) groups is 1. The maximum atomic E-state index is 12.5. The number of nitrogens with two attached hydrogens (primary N) is 1. The lowest BCUT2D eigenvalue weighted by atomic mass is 9.94. The number of likely N-dealkylation sites (N-methyl/N-ethyl adjacent to an activating group) is 1. The molecule has 112 valence electrons. The highest BCUT2D eigenvalue weighted by Crippen LogP contribution is 2.32. The first-order valence-corrected chi connectivity index (χ1v) is 7.36.